The van der Waals surface area contributed by atoms with Gasteiger partial charge < -0.3 is 10.6 Å². The third-order valence-electron chi connectivity index (χ3n) is 4.55. The standard InChI is InChI=1S/C21H21F2N3O2/c22-16-6-7-18(17(23)13-16)26-20(27)15-9-11-24-19(12-15)21(28)25-10-8-14-4-2-1-3-5-14/h4,6-7,9,11-13H,1-3,5,8,10H2,(H,25,28)(H,26,27). The summed E-state index contributed by atoms with van der Waals surface area (Å²) in [4.78, 5) is 28.6. The molecule has 7 heteroatoms. The van der Waals surface area contributed by atoms with Crippen LogP contribution in [-0.4, -0.2) is 23.3 Å². The van der Waals surface area contributed by atoms with Gasteiger partial charge in [-0.15, -0.1) is 0 Å². The highest BCUT2D eigenvalue weighted by Gasteiger charge is 2.14. The van der Waals surface area contributed by atoms with Crippen molar-refractivity contribution in [3.63, 3.8) is 0 Å². The molecule has 28 heavy (non-hydrogen) atoms. The zero-order chi connectivity index (χ0) is 19.9. The van der Waals surface area contributed by atoms with Crippen molar-refractivity contribution < 1.29 is 18.4 Å². The molecule has 0 spiro atoms. The van der Waals surface area contributed by atoms with Gasteiger partial charge in [-0.25, -0.2) is 8.78 Å². The molecule has 1 aromatic carbocycles. The second-order valence-corrected chi connectivity index (χ2v) is 6.62. The van der Waals surface area contributed by atoms with Gasteiger partial charge in [-0.05, 0) is 56.4 Å². The third-order valence-corrected chi connectivity index (χ3v) is 4.55. The summed E-state index contributed by atoms with van der Waals surface area (Å²) >= 11 is 0. The van der Waals surface area contributed by atoms with Gasteiger partial charge in [-0.3, -0.25) is 14.6 Å². The van der Waals surface area contributed by atoms with Gasteiger partial charge in [0.1, 0.15) is 17.3 Å². The van der Waals surface area contributed by atoms with Gasteiger partial charge in [-0.2, -0.15) is 0 Å². The molecule has 146 valence electrons. The molecule has 1 aromatic heterocycles. The average Bonchev–Trinajstić information content (AvgIpc) is 2.71. The minimum Gasteiger partial charge on any atom is -0.350 e. The Balaban J connectivity index is 1.60. The van der Waals surface area contributed by atoms with Crippen LogP contribution in [0, 0.1) is 11.6 Å². The second kappa shape index (κ2) is 9.21. The van der Waals surface area contributed by atoms with E-state index in [4.69, 9.17) is 0 Å². The van der Waals surface area contributed by atoms with Crippen molar-refractivity contribution in [2.24, 2.45) is 0 Å². The summed E-state index contributed by atoms with van der Waals surface area (Å²) in [5.41, 5.74) is 1.47. The Bertz CT molecular complexity index is 912. The zero-order valence-electron chi connectivity index (χ0n) is 15.3. The number of nitrogens with zero attached hydrogens (tertiary/aromatic N) is 1. The Kier molecular flexibility index (Phi) is 6.47. The minimum atomic E-state index is -0.877. The van der Waals surface area contributed by atoms with Gasteiger partial charge in [0.05, 0.1) is 5.69 Å². The number of anilines is 1. The Labute approximate surface area is 161 Å². The van der Waals surface area contributed by atoms with E-state index in [1.165, 1.54) is 36.7 Å². The molecule has 0 atom stereocenters. The number of carbonyl (C=O) groups is 2. The normalized spacial score (nSPS) is 13.6. The molecule has 1 aliphatic rings. The highest BCUT2D eigenvalue weighted by molar-refractivity contribution is 6.05. The number of benzene rings is 1. The van der Waals surface area contributed by atoms with Crippen LogP contribution < -0.4 is 10.6 Å². The predicted octanol–water partition coefficient (Wildman–Crippen LogP) is 4.23. The van der Waals surface area contributed by atoms with Crippen LogP contribution in [0.1, 0.15) is 53.0 Å². The van der Waals surface area contributed by atoms with E-state index in [9.17, 15) is 18.4 Å². The number of nitrogens with one attached hydrogen (secondary N) is 2. The van der Waals surface area contributed by atoms with Crippen molar-refractivity contribution in [2.45, 2.75) is 32.1 Å². The molecule has 5 nitrogen and oxygen atoms in total. The van der Waals surface area contributed by atoms with E-state index in [-0.39, 0.29) is 22.9 Å². The van der Waals surface area contributed by atoms with E-state index in [0.29, 0.717) is 12.6 Å². The van der Waals surface area contributed by atoms with Crippen LogP contribution in [0.25, 0.3) is 0 Å². The molecule has 0 unspecified atom stereocenters. The number of carbonyl (C=O) groups excluding carboxylic acids is 2. The molecule has 1 aliphatic carbocycles. The number of allylic oxidation sites excluding steroid dienone is 1. The van der Waals surface area contributed by atoms with Crippen LogP contribution in [0.4, 0.5) is 14.5 Å². The van der Waals surface area contributed by atoms with E-state index in [0.717, 1.165) is 31.4 Å². The summed E-state index contributed by atoms with van der Waals surface area (Å²) < 4.78 is 26.7. The minimum absolute atomic E-state index is 0.102. The quantitative estimate of drug-likeness (QED) is 0.731. The monoisotopic (exact) mass is 385 g/mol. The van der Waals surface area contributed by atoms with Crippen LogP contribution in [0.2, 0.25) is 0 Å². The van der Waals surface area contributed by atoms with Crippen LogP contribution in [-0.2, 0) is 0 Å². The Morgan fingerprint density at radius 1 is 1.07 bits per heavy atom. The molecule has 3 rings (SSSR count). The summed E-state index contributed by atoms with van der Waals surface area (Å²) in [5, 5.41) is 5.16. The van der Waals surface area contributed by atoms with Crippen molar-refractivity contribution in [2.75, 3.05) is 11.9 Å². The first-order valence-electron chi connectivity index (χ1n) is 9.21. The fourth-order valence-electron chi connectivity index (χ4n) is 3.04. The number of halogens is 2. The molecule has 1 heterocycles. The maximum atomic E-state index is 13.7. The maximum absolute atomic E-state index is 13.7. The maximum Gasteiger partial charge on any atom is 0.269 e. The van der Waals surface area contributed by atoms with Gasteiger partial charge in [-0.1, -0.05) is 11.6 Å². The van der Waals surface area contributed by atoms with E-state index < -0.39 is 17.5 Å². The first kappa shape index (κ1) is 19.7. The molecule has 0 saturated heterocycles. The Morgan fingerprint density at radius 3 is 2.68 bits per heavy atom. The van der Waals surface area contributed by atoms with Gasteiger partial charge >= 0.3 is 0 Å². The van der Waals surface area contributed by atoms with Gasteiger partial charge in [0.2, 0.25) is 0 Å². The molecular weight excluding hydrogens is 364 g/mol. The topological polar surface area (TPSA) is 71.1 Å². The number of pyridine rings is 1. The SMILES string of the molecule is O=C(Nc1ccc(F)cc1F)c1ccnc(C(=O)NCCC2=CCCCC2)c1. The fourth-order valence-corrected chi connectivity index (χ4v) is 3.04. The molecule has 2 amide bonds. The average molecular weight is 385 g/mol. The molecule has 0 aliphatic heterocycles. The van der Waals surface area contributed by atoms with Crippen molar-refractivity contribution in [1.29, 1.82) is 0 Å². The lowest BCUT2D eigenvalue weighted by molar-refractivity contribution is 0.0949. The van der Waals surface area contributed by atoms with E-state index in [1.807, 2.05) is 0 Å². The van der Waals surface area contributed by atoms with Gasteiger partial charge in [0.15, 0.2) is 0 Å². The molecule has 0 radical (unpaired) electrons. The summed E-state index contributed by atoms with van der Waals surface area (Å²) in [6.45, 7) is 0.504. The fraction of sp³-hybridized carbons (Fsp3) is 0.286. The first-order chi connectivity index (χ1) is 13.5. The van der Waals surface area contributed by atoms with Crippen molar-refractivity contribution >= 4 is 17.5 Å². The van der Waals surface area contributed by atoms with E-state index in [1.54, 1.807) is 0 Å². The van der Waals surface area contributed by atoms with Crippen molar-refractivity contribution in [3.05, 3.63) is 71.1 Å². The molecule has 0 bridgehead atoms. The highest BCUT2D eigenvalue weighted by Crippen LogP contribution is 2.19. The second-order valence-electron chi connectivity index (χ2n) is 6.62. The number of rotatable bonds is 6. The Hall–Kier alpha value is -3.09. The molecule has 2 N–H and O–H groups in total. The van der Waals surface area contributed by atoms with Crippen LogP contribution in [0.5, 0.6) is 0 Å². The van der Waals surface area contributed by atoms with Gasteiger partial charge in [0, 0.05) is 24.4 Å². The zero-order valence-corrected chi connectivity index (χ0v) is 15.3. The lowest BCUT2D eigenvalue weighted by Crippen LogP contribution is -2.26. The van der Waals surface area contributed by atoms with E-state index in [2.05, 4.69) is 21.7 Å². The number of hydrogen-bond acceptors (Lipinski definition) is 3. The van der Waals surface area contributed by atoms with Crippen LogP contribution >= 0.6 is 0 Å². The summed E-state index contributed by atoms with van der Waals surface area (Å²) in [5.74, 6) is -2.60. The van der Waals surface area contributed by atoms with Crippen LogP contribution in [0.15, 0.2) is 48.2 Å². The first-order valence-corrected chi connectivity index (χ1v) is 9.21. The largest absolute Gasteiger partial charge is 0.350 e. The number of aromatic nitrogens is 1. The summed E-state index contributed by atoms with van der Waals surface area (Å²) in [6, 6.07) is 5.62. The number of hydrogen-bond donors (Lipinski definition) is 2. The lowest BCUT2D eigenvalue weighted by atomic mass is 9.97. The smallest absolute Gasteiger partial charge is 0.269 e. The predicted molar refractivity (Wildman–Crippen MR) is 102 cm³/mol. The Morgan fingerprint density at radius 2 is 1.93 bits per heavy atom. The molecule has 0 fully saturated rings. The highest BCUT2D eigenvalue weighted by atomic mass is 19.1. The van der Waals surface area contributed by atoms with E-state index >= 15 is 0 Å². The van der Waals surface area contributed by atoms with Crippen molar-refractivity contribution in [1.82, 2.24) is 10.3 Å². The third kappa shape index (κ3) is 5.22. The molecule has 2 aromatic rings. The summed E-state index contributed by atoms with van der Waals surface area (Å²) in [6.07, 6.45) is 8.95. The van der Waals surface area contributed by atoms with Crippen molar-refractivity contribution in [3.8, 4) is 0 Å². The molecule has 0 saturated carbocycles. The van der Waals surface area contributed by atoms with Crippen LogP contribution in [0.3, 0.4) is 0 Å². The van der Waals surface area contributed by atoms with Gasteiger partial charge in [0.25, 0.3) is 11.8 Å². The lowest BCUT2D eigenvalue weighted by Gasteiger charge is -2.13. The number of amides is 2. The molecular formula is C21H21F2N3O2. The summed E-state index contributed by atoms with van der Waals surface area (Å²) in [7, 11) is 0.